The van der Waals surface area contributed by atoms with E-state index in [1.165, 1.54) is 0 Å². The maximum Gasteiger partial charge on any atom is 0.303 e. The molecule has 2 aromatic carbocycles. The second-order valence-corrected chi connectivity index (χ2v) is 4.43. The summed E-state index contributed by atoms with van der Waals surface area (Å²) in [6, 6.07) is 19.4. The predicted octanol–water partition coefficient (Wildman–Crippen LogP) is 3.99. The monoisotopic (exact) mass is 281 g/mol. The number of aromatic amines is 1. The highest BCUT2D eigenvalue weighted by molar-refractivity contribution is 7.71. The Balaban J connectivity index is 1.97. The zero-order valence-electron chi connectivity index (χ0n) is 10.5. The summed E-state index contributed by atoms with van der Waals surface area (Å²) in [5.74, 6) is 1.33. The van der Waals surface area contributed by atoms with Crippen molar-refractivity contribution in [2.75, 3.05) is 0 Å². The van der Waals surface area contributed by atoms with Gasteiger partial charge in [-0.25, -0.2) is 4.98 Å². The van der Waals surface area contributed by atoms with Gasteiger partial charge in [-0.05, 0) is 24.4 Å². The van der Waals surface area contributed by atoms with Crippen molar-refractivity contribution >= 4 is 12.2 Å². The van der Waals surface area contributed by atoms with Crippen LogP contribution in [0.3, 0.4) is 0 Å². The number of H-pyrrole nitrogens is 1. The Hall–Kier alpha value is -2.53. The minimum absolute atomic E-state index is 0.244. The van der Waals surface area contributed by atoms with Gasteiger partial charge in [0.15, 0.2) is 0 Å². The van der Waals surface area contributed by atoms with Gasteiger partial charge in [0.1, 0.15) is 11.6 Å². The molecule has 0 aliphatic carbocycles. The number of rotatable bonds is 3. The minimum atomic E-state index is 0.244. The second-order valence-electron chi connectivity index (χ2n) is 4.07. The van der Waals surface area contributed by atoms with Gasteiger partial charge in [0.25, 0.3) is 0 Å². The average Bonchev–Trinajstić information content (AvgIpc) is 2.49. The van der Waals surface area contributed by atoms with E-state index in [1.54, 1.807) is 0 Å². The van der Waals surface area contributed by atoms with E-state index in [1.807, 2.05) is 60.7 Å². The Labute approximate surface area is 121 Å². The predicted molar refractivity (Wildman–Crippen MR) is 79.2 cm³/mol. The number of nitrogens with zero attached hydrogens (tertiary/aromatic N) is 2. The van der Waals surface area contributed by atoms with Gasteiger partial charge in [-0.15, -0.1) is 0 Å². The fourth-order valence-electron chi connectivity index (χ4n) is 1.75. The number of hydrogen-bond donors (Lipinski definition) is 1. The molecule has 1 N–H and O–H groups in total. The molecule has 0 unspecified atom stereocenters. The van der Waals surface area contributed by atoms with Crippen molar-refractivity contribution in [3.8, 4) is 23.1 Å². The van der Waals surface area contributed by atoms with Gasteiger partial charge in [0.2, 0.25) is 4.77 Å². The topological polar surface area (TPSA) is 50.8 Å². The molecule has 0 saturated heterocycles. The summed E-state index contributed by atoms with van der Waals surface area (Å²) < 4.78 is 5.89. The van der Waals surface area contributed by atoms with Gasteiger partial charge >= 0.3 is 6.01 Å². The number of nitrogens with one attached hydrogen (secondary N) is 1. The van der Waals surface area contributed by atoms with E-state index in [-0.39, 0.29) is 4.77 Å². The largest absolute Gasteiger partial charge is 0.426 e. The van der Waals surface area contributed by atoms with Crippen molar-refractivity contribution in [2.45, 2.75) is 0 Å². The molecule has 5 heteroatoms. The molecule has 0 aliphatic rings. The number of hydrogen-bond acceptors (Lipinski definition) is 4. The van der Waals surface area contributed by atoms with E-state index in [2.05, 4.69) is 15.0 Å². The molecule has 0 atom stereocenters. The number of benzene rings is 2. The Kier molecular flexibility index (Phi) is 3.52. The summed E-state index contributed by atoms with van der Waals surface area (Å²) in [6.45, 7) is 0. The van der Waals surface area contributed by atoms with Crippen LogP contribution in [0, 0.1) is 4.77 Å². The number of para-hydroxylation sites is 1. The average molecular weight is 281 g/mol. The molecule has 98 valence electrons. The van der Waals surface area contributed by atoms with Gasteiger partial charge in [-0.2, -0.15) is 4.98 Å². The summed E-state index contributed by atoms with van der Waals surface area (Å²) >= 11 is 5.08. The maximum atomic E-state index is 5.65. The van der Waals surface area contributed by atoms with Crippen LogP contribution < -0.4 is 4.74 Å². The highest BCUT2D eigenvalue weighted by Gasteiger charge is 2.04. The zero-order valence-corrected chi connectivity index (χ0v) is 11.3. The first-order chi connectivity index (χ1) is 9.81. The molecule has 0 amide bonds. The lowest BCUT2D eigenvalue weighted by Gasteiger charge is -2.06. The molecule has 1 aromatic heterocycles. The fourth-order valence-corrected chi connectivity index (χ4v) is 1.92. The quantitative estimate of drug-likeness (QED) is 0.737. The maximum absolute atomic E-state index is 5.65. The van der Waals surface area contributed by atoms with Crippen LogP contribution in [0.1, 0.15) is 0 Å². The summed E-state index contributed by atoms with van der Waals surface area (Å²) in [4.78, 5) is 11.3. The minimum Gasteiger partial charge on any atom is -0.426 e. The van der Waals surface area contributed by atoms with E-state index in [0.717, 1.165) is 5.56 Å². The molecule has 3 rings (SSSR count). The van der Waals surface area contributed by atoms with Crippen molar-refractivity contribution in [3.05, 3.63) is 65.4 Å². The lowest BCUT2D eigenvalue weighted by Crippen LogP contribution is -1.97. The molecule has 4 nitrogen and oxygen atoms in total. The SMILES string of the molecule is S=c1nc(Oc2ccccc2)[nH]c(-c2ccccc2)n1. The molecule has 0 saturated carbocycles. The zero-order chi connectivity index (χ0) is 13.8. The molecule has 0 radical (unpaired) electrons. The molecule has 3 aromatic rings. The van der Waals surface area contributed by atoms with Crippen LogP contribution >= 0.6 is 12.2 Å². The molecule has 0 aliphatic heterocycles. The highest BCUT2D eigenvalue weighted by atomic mass is 32.1. The molecular formula is C15H11N3OS. The van der Waals surface area contributed by atoms with Crippen LogP contribution in [0.2, 0.25) is 0 Å². The van der Waals surface area contributed by atoms with Gasteiger partial charge in [-0.1, -0.05) is 48.5 Å². The van der Waals surface area contributed by atoms with Gasteiger partial charge in [0.05, 0.1) is 0 Å². The van der Waals surface area contributed by atoms with Crippen molar-refractivity contribution in [2.24, 2.45) is 0 Å². The third-order valence-corrected chi connectivity index (χ3v) is 2.82. The summed E-state index contributed by atoms with van der Waals surface area (Å²) in [6.07, 6.45) is 0. The molecule has 0 bridgehead atoms. The van der Waals surface area contributed by atoms with E-state index < -0.39 is 0 Å². The normalized spacial score (nSPS) is 10.2. The van der Waals surface area contributed by atoms with Crippen LogP contribution in [0.4, 0.5) is 0 Å². The fraction of sp³-hybridized carbons (Fsp3) is 0. The van der Waals surface area contributed by atoms with Crippen LogP contribution in [0.5, 0.6) is 11.8 Å². The van der Waals surface area contributed by atoms with Gasteiger partial charge in [0, 0.05) is 5.56 Å². The van der Waals surface area contributed by atoms with Crippen molar-refractivity contribution in [1.82, 2.24) is 15.0 Å². The lowest BCUT2D eigenvalue weighted by molar-refractivity contribution is 0.439. The van der Waals surface area contributed by atoms with Gasteiger partial charge < -0.3 is 4.74 Å². The first kappa shape index (κ1) is 12.5. The van der Waals surface area contributed by atoms with Gasteiger partial charge in [-0.3, -0.25) is 4.98 Å². The van der Waals surface area contributed by atoms with Crippen molar-refractivity contribution < 1.29 is 4.74 Å². The van der Waals surface area contributed by atoms with Crippen LogP contribution in [-0.2, 0) is 0 Å². The van der Waals surface area contributed by atoms with Crippen LogP contribution in [0.15, 0.2) is 60.7 Å². The van der Waals surface area contributed by atoms with Crippen molar-refractivity contribution in [1.29, 1.82) is 0 Å². The van der Waals surface area contributed by atoms with E-state index in [4.69, 9.17) is 17.0 Å². The number of ether oxygens (including phenoxy) is 1. The van der Waals surface area contributed by atoms with Crippen LogP contribution in [-0.4, -0.2) is 15.0 Å². The van der Waals surface area contributed by atoms with E-state index in [0.29, 0.717) is 17.6 Å². The molecule has 1 heterocycles. The first-order valence-corrected chi connectivity index (χ1v) is 6.49. The van der Waals surface area contributed by atoms with E-state index >= 15 is 0 Å². The summed E-state index contributed by atoms with van der Waals surface area (Å²) in [7, 11) is 0. The Morgan fingerprint density at radius 2 is 1.50 bits per heavy atom. The first-order valence-electron chi connectivity index (χ1n) is 6.08. The van der Waals surface area contributed by atoms with Crippen LogP contribution in [0.25, 0.3) is 11.4 Å². The summed E-state index contributed by atoms with van der Waals surface area (Å²) in [5, 5.41) is 0. The number of aromatic nitrogens is 3. The Morgan fingerprint density at radius 1 is 0.850 bits per heavy atom. The lowest BCUT2D eigenvalue weighted by atomic mass is 10.2. The molecule has 20 heavy (non-hydrogen) atoms. The van der Waals surface area contributed by atoms with Crippen molar-refractivity contribution in [3.63, 3.8) is 0 Å². The standard InChI is InChI=1S/C15H11N3OS/c20-15-17-13(11-7-3-1-4-8-11)16-14(18-15)19-12-9-5-2-6-10-12/h1-10H,(H,16,17,18,20). The molecule has 0 fully saturated rings. The highest BCUT2D eigenvalue weighted by Crippen LogP contribution is 2.20. The molecule has 0 spiro atoms. The molecular weight excluding hydrogens is 270 g/mol. The third-order valence-electron chi connectivity index (χ3n) is 2.63. The summed E-state index contributed by atoms with van der Waals surface area (Å²) in [5.41, 5.74) is 0.930. The third kappa shape index (κ3) is 2.89. The Bertz CT molecular complexity index is 757. The smallest absolute Gasteiger partial charge is 0.303 e. The Morgan fingerprint density at radius 3 is 2.20 bits per heavy atom. The second kappa shape index (κ2) is 5.63. The van der Waals surface area contributed by atoms with E-state index in [9.17, 15) is 0 Å².